The zero-order valence-electron chi connectivity index (χ0n) is 23.5. The molecule has 0 amide bonds. The maximum Gasteiger partial charge on any atom is 0.0473 e. The lowest BCUT2D eigenvalue weighted by atomic mass is 10.0. The average Bonchev–Trinajstić information content (AvgIpc) is 2.75. The summed E-state index contributed by atoms with van der Waals surface area (Å²) in [5, 5.41) is 0. The van der Waals surface area contributed by atoms with Gasteiger partial charge in [0.05, 0.1) is 0 Å². The molecule has 1 radical (unpaired) electrons. The predicted octanol–water partition coefficient (Wildman–Crippen LogP) is 12.2. The van der Waals surface area contributed by atoms with Crippen LogP contribution in [0.15, 0.2) is 0 Å². The Bertz CT molecular complexity index is 330. The molecule has 0 saturated carbocycles. The van der Waals surface area contributed by atoms with Crippen LogP contribution in [0.2, 0.25) is 19.6 Å². The minimum atomic E-state index is -0.903. The van der Waals surface area contributed by atoms with Gasteiger partial charge in [-0.3, -0.25) is 0 Å². The molecule has 0 unspecified atom stereocenters. The third-order valence-corrected chi connectivity index (χ3v) is 8.58. The van der Waals surface area contributed by atoms with Gasteiger partial charge in [-0.2, -0.15) is 0 Å². The molecule has 0 heterocycles. The molecule has 0 rings (SSSR count). The summed E-state index contributed by atoms with van der Waals surface area (Å²) in [6.07, 6.45) is 38.3. The van der Waals surface area contributed by atoms with Crippen LogP contribution in [0.3, 0.4) is 0 Å². The molecule has 0 aromatic carbocycles. The second-order valence-electron chi connectivity index (χ2n) is 11.8. The highest BCUT2D eigenvalue weighted by Crippen LogP contribution is 2.17. The Morgan fingerprint density at radius 3 is 0.781 bits per heavy atom. The first kappa shape index (κ1) is 32.2. The van der Waals surface area contributed by atoms with Crippen molar-refractivity contribution < 1.29 is 0 Å². The Morgan fingerprint density at radius 2 is 0.562 bits per heavy atom. The zero-order valence-corrected chi connectivity index (χ0v) is 24.5. The van der Waals surface area contributed by atoms with Gasteiger partial charge in [-0.05, 0) is 6.04 Å². The number of hydrogen-bond donors (Lipinski definition) is 0. The maximum atomic E-state index is 2.63. The van der Waals surface area contributed by atoms with Crippen LogP contribution in [-0.2, 0) is 0 Å². The molecule has 0 aromatic heterocycles. The summed E-state index contributed by atoms with van der Waals surface area (Å²) in [7, 11) is -0.903. The first-order valence-electron chi connectivity index (χ1n) is 15.4. The second kappa shape index (κ2) is 25.8. The Kier molecular flexibility index (Phi) is 26.0. The van der Waals surface area contributed by atoms with E-state index >= 15 is 0 Å². The molecule has 0 saturated heterocycles. The molecular formula is C31H65Si. The van der Waals surface area contributed by atoms with Gasteiger partial charge in [0.2, 0.25) is 0 Å². The highest BCUT2D eigenvalue weighted by Gasteiger charge is 2.11. The number of hydrogen-bond acceptors (Lipinski definition) is 0. The molecule has 0 aromatic rings. The van der Waals surface area contributed by atoms with Crippen LogP contribution in [0.25, 0.3) is 0 Å². The lowest BCUT2D eigenvalue weighted by Gasteiger charge is -2.14. The first-order valence-corrected chi connectivity index (χ1v) is 19.0. The van der Waals surface area contributed by atoms with Gasteiger partial charge in [0.1, 0.15) is 0 Å². The summed E-state index contributed by atoms with van der Waals surface area (Å²) in [5.41, 5.74) is 0. The van der Waals surface area contributed by atoms with E-state index in [1.807, 2.05) is 0 Å². The molecule has 193 valence electrons. The third-order valence-electron chi connectivity index (χ3n) is 7.06. The maximum absolute atomic E-state index is 2.63. The van der Waals surface area contributed by atoms with Crippen molar-refractivity contribution in [1.82, 2.24) is 0 Å². The summed E-state index contributed by atoms with van der Waals surface area (Å²) in [5.74, 6) is 0. The average molecular weight is 466 g/mol. The summed E-state index contributed by atoms with van der Waals surface area (Å²) >= 11 is 0. The summed E-state index contributed by atoms with van der Waals surface area (Å²) in [6.45, 7) is 9.66. The van der Waals surface area contributed by atoms with Crippen LogP contribution in [0, 0.1) is 6.04 Å². The van der Waals surface area contributed by atoms with Crippen LogP contribution in [-0.4, -0.2) is 8.07 Å². The van der Waals surface area contributed by atoms with Crippen LogP contribution < -0.4 is 0 Å². The standard InChI is InChI=1S/C31H65Si/c1-5-6-7-8-9-10-11-12-13-14-15-16-17-18-19-20-21-22-23-24-25-26-27-28-29-30-31-32(2,3)4/h31H,5-30H2,1-4H3. The molecule has 32 heavy (non-hydrogen) atoms. The van der Waals surface area contributed by atoms with Crippen LogP contribution >= 0.6 is 0 Å². The Labute approximate surface area is 207 Å². The van der Waals surface area contributed by atoms with Gasteiger partial charge in [-0.25, -0.2) is 0 Å². The van der Waals surface area contributed by atoms with Crippen molar-refractivity contribution in [2.75, 3.05) is 0 Å². The topological polar surface area (TPSA) is 0 Å². The molecule has 0 bridgehead atoms. The van der Waals surface area contributed by atoms with Crippen molar-refractivity contribution in [1.29, 1.82) is 0 Å². The fourth-order valence-corrected chi connectivity index (χ4v) is 5.89. The lowest BCUT2D eigenvalue weighted by Crippen LogP contribution is -2.20. The molecule has 0 spiro atoms. The van der Waals surface area contributed by atoms with E-state index in [1.165, 1.54) is 167 Å². The second-order valence-corrected chi connectivity index (χ2v) is 17.0. The minimum Gasteiger partial charge on any atom is -0.0693 e. The van der Waals surface area contributed by atoms with Crippen molar-refractivity contribution in [3.8, 4) is 0 Å². The predicted molar refractivity (Wildman–Crippen MR) is 153 cm³/mol. The van der Waals surface area contributed by atoms with E-state index in [1.54, 1.807) is 0 Å². The van der Waals surface area contributed by atoms with Crippen molar-refractivity contribution in [3.05, 3.63) is 6.04 Å². The largest absolute Gasteiger partial charge is 0.0693 e. The Balaban J connectivity index is 3.02. The van der Waals surface area contributed by atoms with Crippen molar-refractivity contribution >= 4 is 8.07 Å². The highest BCUT2D eigenvalue weighted by atomic mass is 28.3. The van der Waals surface area contributed by atoms with Gasteiger partial charge in [-0.1, -0.05) is 194 Å². The molecule has 0 nitrogen and oxygen atoms in total. The first-order chi connectivity index (χ1) is 15.6. The lowest BCUT2D eigenvalue weighted by molar-refractivity contribution is 0.516. The smallest absolute Gasteiger partial charge is 0.0473 e. The fourth-order valence-electron chi connectivity index (χ4n) is 4.82. The Morgan fingerprint density at radius 1 is 0.344 bits per heavy atom. The van der Waals surface area contributed by atoms with E-state index in [2.05, 4.69) is 32.6 Å². The molecule has 0 aliphatic carbocycles. The van der Waals surface area contributed by atoms with Gasteiger partial charge < -0.3 is 0 Å². The van der Waals surface area contributed by atoms with E-state index in [4.69, 9.17) is 0 Å². The van der Waals surface area contributed by atoms with Gasteiger partial charge in [-0.15, -0.1) is 0 Å². The Hall–Kier alpha value is 0.217. The number of unbranched alkanes of at least 4 members (excludes halogenated alkanes) is 25. The monoisotopic (exact) mass is 465 g/mol. The molecule has 0 aliphatic heterocycles. The van der Waals surface area contributed by atoms with Gasteiger partial charge in [0.25, 0.3) is 0 Å². The van der Waals surface area contributed by atoms with Crippen LogP contribution in [0.4, 0.5) is 0 Å². The van der Waals surface area contributed by atoms with E-state index in [0.717, 1.165) is 0 Å². The zero-order chi connectivity index (χ0) is 23.6. The summed E-state index contributed by atoms with van der Waals surface area (Å²) < 4.78 is 0. The molecule has 0 atom stereocenters. The van der Waals surface area contributed by atoms with E-state index in [0.29, 0.717) is 0 Å². The van der Waals surface area contributed by atoms with E-state index in [-0.39, 0.29) is 0 Å². The van der Waals surface area contributed by atoms with Crippen molar-refractivity contribution in [2.45, 2.75) is 194 Å². The van der Waals surface area contributed by atoms with Gasteiger partial charge in [0, 0.05) is 8.07 Å². The summed E-state index contributed by atoms with van der Waals surface area (Å²) in [6, 6.07) is 2.63. The highest BCUT2D eigenvalue weighted by molar-refractivity contribution is 6.79. The van der Waals surface area contributed by atoms with E-state index < -0.39 is 8.07 Å². The van der Waals surface area contributed by atoms with Gasteiger partial charge >= 0.3 is 0 Å². The molecule has 1 heteroatoms. The van der Waals surface area contributed by atoms with Crippen molar-refractivity contribution in [2.24, 2.45) is 0 Å². The third kappa shape index (κ3) is 30.2. The quantitative estimate of drug-likeness (QED) is 0.0835. The number of rotatable bonds is 27. The molecule has 0 fully saturated rings. The SMILES string of the molecule is CCCCCCCCCCCCCCCCCCCCCCCCCCC[CH][Si](C)(C)C. The molecule has 0 aliphatic rings. The van der Waals surface area contributed by atoms with Crippen molar-refractivity contribution in [3.63, 3.8) is 0 Å². The molecular weight excluding hydrogens is 400 g/mol. The minimum absolute atomic E-state index is 0.903. The normalized spacial score (nSPS) is 12.0. The van der Waals surface area contributed by atoms with E-state index in [9.17, 15) is 0 Å². The fraction of sp³-hybridized carbons (Fsp3) is 0.968. The van der Waals surface area contributed by atoms with Crippen LogP contribution in [0.5, 0.6) is 0 Å². The molecule has 0 N–H and O–H groups in total. The van der Waals surface area contributed by atoms with Crippen LogP contribution in [0.1, 0.15) is 174 Å². The summed E-state index contributed by atoms with van der Waals surface area (Å²) in [4.78, 5) is 0. The van der Waals surface area contributed by atoms with Gasteiger partial charge in [0.15, 0.2) is 0 Å².